The van der Waals surface area contributed by atoms with Crippen molar-refractivity contribution in [2.45, 2.75) is 19.4 Å². The summed E-state index contributed by atoms with van der Waals surface area (Å²) < 4.78 is 18.9. The third kappa shape index (κ3) is 2.82. The van der Waals surface area contributed by atoms with Crippen molar-refractivity contribution >= 4 is 23.2 Å². The lowest BCUT2D eigenvalue weighted by atomic mass is 10.2. The predicted molar refractivity (Wildman–Crippen MR) is 88.7 cm³/mol. The Morgan fingerprint density at radius 3 is 2.67 bits per heavy atom. The molecular weight excluding hydrogens is 311 g/mol. The van der Waals surface area contributed by atoms with Crippen molar-refractivity contribution in [3.63, 3.8) is 0 Å². The normalized spacial score (nSPS) is 17.3. The smallest absolute Gasteiger partial charge is 0.256 e. The first kappa shape index (κ1) is 16.0. The lowest BCUT2D eigenvalue weighted by Gasteiger charge is -2.18. The number of amides is 2. The van der Waals surface area contributed by atoms with E-state index in [9.17, 15) is 14.0 Å². The van der Waals surface area contributed by atoms with Crippen LogP contribution in [0.25, 0.3) is 0 Å². The number of hydrogen-bond acceptors (Lipinski definition) is 4. The van der Waals surface area contributed by atoms with Gasteiger partial charge in [0.05, 0.1) is 19.2 Å². The van der Waals surface area contributed by atoms with Gasteiger partial charge in [-0.15, -0.1) is 0 Å². The molecular formula is C18H17FN2O3. The maximum absolute atomic E-state index is 13.6. The van der Waals surface area contributed by atoms with Crippen molar-refractivity contribution in [3.05, 3.63) is 53.8 Å². The van der Waals surface area contributed by atoms with Gasteiger partial charge in [0.1, 0.15) is 17.6 Å². The van der Waals surface area contributed by atoms with Crippen molar-refractivity contribution in [3.8, 4) is 5.75 Å². The third-order valence-electron chi connectivity index (χ3n) is 3.99. The Morgan fingerprint density at radius 2 is 1.96 bits per heavy atom. The Balaban J connectivity index is 1.85. The summed E-state index contributed by atoms with van der Waals surface area (Å²) in [7, 11) is 1.48. The molecule has 5 nitrogen and oxygen atoms in total. The maximum Gasteiger partial charge on any atom is 0.256 e. The van der Waals surface area contributed by atoms with Crippen LogP contribution >= 0.6 is 0 Å². The summed E-state index contributed by atoms with van der Waals surface area (Å²) >= 11 is 0. The highest BCUT2D eigenvalue weighted by molar-refractivity contribution is 6.23. The number of imide groups is 1. The van der Waals surface area contributed by atoms with E-state index in [0.29, 0.717) is 22.7 Å². The van der Waals surface area contributed by atoms with Gasteiger partial charge in [0, 0.05) is 5.69 Å². The summed E-state index contributed by atoms with van der Waals surface area (Å²) in [4.78, 5) is 26.1. The Bertz CT molecular complexity index is 807. The van der Waals surface area contributed by atoms with E-state index < -0.39 is 6.04 Å². The van der Waals surface area contributed by atoms with E-state index in [1.807, 2.05) is 0 Å². The highest BCUT2D eigenvalue weighted by Gasteiger charge is 2.40. The molecule has 0 radical (unpaired) electrons. The van der Waals surface area contributed by atoms with Crippen LogP contribution < -0.4 is 15.0 Å². The molecule has 6 heteroatoms. The van der Waals surface area contributed by atoms with Crippen LogP contribution in [0.3, 0.4) is 0 Å². The quantitative estimate of drug-likeness (QED) is 0.877. The molecule has 2 amide bonds. The first-order valence-electron chi connectivity index (χ1n) is 7.53. The summed E-state index contributed by atoms with van der Waals surface area (Å²) in [6.45, 7) is 1.66. The van der Waals surface area contributed by atoms with Crippen LogP contribution in [0, 0.1) is 12.7 Å². The molecule has 1 N–H and O–H groups in total. The molecule has 2 aromatic carbocycles. The number of carbonyl (C=O) groups is 2. The predicted octanol–water partition coefficient (Wildman–Crippen LogP) is 2.89. The highest BCUT2D eigenvalue weighted by atomic mass is 19.1. The molecule has 0 aromatic heterocycles. The van der Waals surface area contributed by atoms with Crippen LogP contribution in [0.4, 0.5) is 15.8 Å². The number of benzene rings is 2. The lowest BCUT2D eigenvalue weighted by Crippen LogP contribution is -2.35. The third-order valence-corrected chi connectivity index (χ3v) is 3.99. The minimum absolute atomic E-state index is 0.00633. The van der Waals surface area contributed by atoms with Crippen LogP contribution in [0.5, 0.6) is 5.75 Å². The molecule has 0 saturated carbocycles. The van der Waals surface area contributed by atoms with E-state index in [4.69, 9.17) is 4.74 Å². The number of hydrogen-bond donors (Lipinski definition) is 1. The number of ether oxygens (including phenoxy) is 1. The molecule has 0 unspecified atom stereocenters. The van der Waals surface area contributed by atoms with Gasteiger partial charge in [0.2, 0.25) is 5.91 Å². The highest BCUT2D eigenvalue weighted by Crippen LogP contribution is 2.32. The number of aryl methyl sites for hydroxylation is 1. The van der Waals surface area contributed by atoms with Gasteiger partial charge in [-0.05, 0) is 36.8 Å². The summed E-state index contributed by atoms with van der Waals surface area (Å²) in [5.41, 5.74) is 1.39. The molecule has 1 saturated heterocycles. The fourth-order valence-corrected chi connectivity index (χ4v) is 2.70. The maximum atomic E-state index is 13.6. The van der Waals surface area contributed by atoms with Gasteiger partial charge in [-0.1, -0.05) is 18.2 Å². The zero-order valence-corrected chi connectivity index (χ0v) is 13.4. The zero-order chi connectivity index (χ0) is 17.3. The Labute approximate surface area is 139 Å². The number of nitrogens with one attached hydrogen (secondary N) is 1. The molecule has 1 atom stereocenters. The summed E-state index contributed by atoms with van der Waals surface area (Å²) in [5.74, 6) is -0.625. The van der Waals surface area contributed by atoms with Gasteiger partial charge < -0.3 is 10.1 Å². The van der Waals surface area contributed by atoms with Crippen molar-refractivity contribution in [1.82, 2.24) is 0 Å². The molecule has 0 bridgehead atoms. The minimum Gasteiger partial charge on any atom is -0.495 e. The first-order valence-corrected chi connectivity index (χ1v) is 7.53. The van der Waals surface area contributed by atoms with Gasteiger partial charge >= 0.3 is 0 Å². The monoisotopic (exact) mass is 328 g/mol. The summed E-state index contributed by atoms with van der Waals surface area (Å²) in [6, 6.07) is 10.7. The molecule has 0 aliphatic carbocycles. The number of carbonyl (C=O) groups excluding carboxylic acids is 2. The number of halogens is 1. The number of anilines is 2. The van der Waals surface area contributed by atoms with Crippen LogP contribution in [-0.2, 0) is 9.59 Å². The molecule has 2 aromatic rings. The van der Waals surface area contributed by atoms with Crippen molar-refractivity contribution in [2.75, 3.05) is 17.3 Å². The summed E-state index contributed by atoms with van der Waals surface area (Å²) in [5, 5.41) is 2.93. The van der Waals surface area contributed by atoms with Crippen molar-refractivity contribution in [2.24, 2.45) is 0 Å². The second-order valence-corrected chi connectivity index (χ2v) is 5.60. The Morgan fingerprint density at radius 1 is 1.21 bits per heavy atom. The molecule has 1 aliphatic rings. The molecule has 124 valence electrons. The molecule has 1 aliphatic heterocycles. The second kappa shape index (κ2) is 6.31. The van der Waals surface area contributed by atoms with Crippen molar-refractivity contribution in [1.29, 1.82) is 0 Å². The second-order valence-electron chi connectivity index (χ2n) is 5.60. The molecule has 0 spiro atoms. The van der Waals surface area contributed by atoms with E-state index in [2.05, 4.69) is 5.32 Å². The average molecular weight is 328 g/mol. The van der Waals surface area contributed by atoms with Gasteiger partial charge in [0.25, 0.3) is 5.91 Å². The average Bonchev–Trinajstić information content (AvgIpc) is 2.85. The molecule has 3 rings (SSSR count). The van der Waals surface area contributed by atoms with Crippen LogP contribution in [0.2, 0.25) is 0 Å². The van der Waals surface area contributed by atoms with E-state index in [1.54, 1.807) is 43.3 Å². The van der Waals surface area contributed by atoms with E-state index >= 15 is 0 Å². The van der Waals surface area contributed by atoms with Gasteiger partial charge in [-0.3, -0.25) is 9.59 Å². The Hall–Kier alpha value is -2.89. The van der Waals surface area contributed by atoms with Crippen LogP contribution in [-0.4, -0.2) is 25.0 Å². The van der Waals surface area contributed by atoms with Crippen LogP contribution in [0.15, 0.2) is 42.5 Å². The molecule has 24 heavy (non-hydrogen) atoms. The fourth-order valence-electron chi connectivity index (χ4n) is 2.70. The number of methoxy groups -OCH3 is 1. The molecule has 1 fully saturated rings. The fraction of sp³-hybridized carbons (Fsp3) is 0.222. The number of rotatable bonds is 4. The summed E-state index contributed by atoms with van der Waals surface area (Å²) in [6.07, 6.45) is 0.00633. The molecule has 1 heterocycles. The SMILES string of the molecule is COc1ccccc1N1C(=O)C[C@H](Nc2ccc(C)c(F)c2)C1=O. The van der Waals surface area contributed by atoms with Gasteiger partial charge in [-0.2, -0.15) is 0 Å². The minimum atomic E-state index is -0.732. The van der Waals surface area contributed by atoms with E-state index in [1.165, 1.54) is 13.2 Å². The lowest BCUT2D eigenvalue weighted by molar-refractivity contribution is -0.121. The topological polar surface area (TPSA) is 58.6 Å². The van der Waals surface area contributed by atoms with E-state index in [-0.39, 0.29) is 24.1 Å². The van der Waals surface area contributed by atoms with Crippen LogP contribution in [0.1, 0.15) is 12.0 Å². The largest absolute Gasteiger partial charge is 0.495 e. The number of nitrogens with zero attached hydrogens (tertiary/aromatic N) is 1. The van der Waals surface area contributed by atoms with Gasteiger partial charge in [-0.25, -0.2) is 9.29 Å². The number of para-hydroxylation sites is 2. The Kier molecular flexibility index (Phi) is 4.20. The zero-order valence-electron chi connectivity index (χ0n) is 13.4. The standard InChI is InChI=1S/C18H17FN2O3/c1-11-7-8-12(9-13(11)19)20-14-10-17(22)21(18(14)23)15-5-3-4-6-16(15)24-2/h3-9,14,20H,10H2,1-2H3/t14-/m0/s1. The van der Waals surface area contributed by atoms with E-state index in [0.717, 1.165) is 4.90 Å². The van der Waals surface area contributed by atoms with Gasteiger partial charge in [0.15, 0.2) is 0 Å². The van der Waals surface area contributed by atoms with Crippen molar-refractivity contribution < 1.29 is 18.7 Å². The first-order chi connectivity index (χ1) is 11.5.